The van der Waals surface area contributed by atoms with Crippen molar-refractivity contribution < 1.29 is 9.18 Å². The average molecular weight is 248 g/mol. The molecule has 96 valence electrons. The van der Waals surface area contributed by atoms with Crippen molar-refractivity contribution in [1.82, 2.24) is 4.90 Å². The van der Waals surface area contributed by atoms with E-state index in [0.717, 1.165) is 17.6 Å². The molecular formula is C14H17FN2O. The fourth-order valence-electron chi connectivity index (χ4n) is 2.06. The lowest BCUT2D eigenvalue weighted by molar-refractivity contribution is -0.125. The third kappa shape index (κ3) is 2.96. The molecule has 1 aliphatic heterocycles. The van der Waals surface area contributed by atoms with Crippen molar-refractivity contribution in [1.29, 1.82) is 0 Å². The molecule has 0 unspecified atom stereocenters. The number of benzene rings is 1. The van der Waals surface area contributed by atoms with Gasteiger partial charge in [0.2, 0.25) is 5.91 Å². The van der Waals surface area contributed by atoms with E-state index in [1.165, 1.54) is 12.1 Å². The zero-order chi connectivity index (χ0) is 13.1. The van der Waals surface area contributed by atoms with Gasteiger partial charge < -0.3 is 10.6 Å². The van der Waals surface area contributed by atoms with E-state index in [4.69, 9.17) is 5.73 Å². The summed E-state index contributed by atoms with van der Waals surface area (Å²) < 4.78 is 12.8. The zero-order valence-electron chi connectivity index (χ0n) is 10.4. The van der Waals surface area contributed by atoms with Crippen LogP contribution >= 0.6 is 0 Å². The third-order valence-electron chi connectivity index (χ3n) is 3.18. The Hall–Kier alpha value is -1.68. The molecule has 1 amide bonds. The molecule has 0 radical (unpaired) electrons. The number of amides is 1. The minimum absolute atomic E-state index is 0.0234. The number of carbonyl (C=O) groups is 1. The SMILES string of the molecule is C/C(=C\C(=O)N1CC[C@H](N)C1)c1ccc(F)cc1. The first kappa shape index (κ1) is 12.8. The second kappa shape index (κ2) is 5.31. The molecule has 1 aliphatic rings. The molecule has 18 heavy (non-hydrogen) atoms. The van der Waals surface area contributed by atoms with Crippen LogP contribution in [0.1, 0.15) is 18.9 Å². The lowest BCUT2D eigenvalue weighted by atomic mass is 10.1. The van der Waals surface area contributed by atoms with E-state index in [2.05, 4.69) is 0 Å². The first-order valence-corrected chi connectivity index (χ1v) is 6.05. The molecule has 1 aromatic rings. The second-order valence-electron chi connectivity index (χ2n) is 4.67. The molecule has 0 aromatic heterocycles. The number of carbonyl (C=O) groups excluding carboxylic acids is 1. The highest BCUT2D eigenvalue weighted by Crippen LogP contribution is 2.16. The van der Waals surface area contributed by atoms with Gasteiger partial charge in [0.05, 0.1) is 0 Å². The molecule has 1 atom stereocenters. The number of hydrogen-bond acceptors (Lipinski definition) is 2. The molecular weight excluding hydrogens is 231 g/mol. The molecule has 3 nitrogen and oxygen atoms in total. The maximum atomic E-state index is 12.8. The van der Waals surface area contributed by atoms with Crippen LogP contribution in [0.5, 0.6) is 0 Å². The van der Waals surface area contributed by atoms with Crippen molar-refractivity contribution in [3.63, 3.8) is 0 Å². The summed E-state index contributed by atoms with van der Waals surface area (Å²) in [5, 5.41) is 0. The van der Waals surface area contributed by atoms with Crippen LogP contribution in [-0.2, 0) is 4.79 Å². The van der Waals surface area contributed by atoms with Gasteiger partial charge in [-0.3, -0.25) is 4.79 Å². The number of hydrogen-bond donors (Lipinski definition) is 1. The summed E-state index contributed by atoms with van der Waals surface area (Å²) in [6.07, 6.45) is 2.44. The van der Waals surface area contributed by atoms with Gasteiger partial charge in [-0.25, -0.2) is 4.39 Å². The first-order valence-electron chi connectivity index (χ1n) is 6.05. The molecule has 0 aliphatic carbocycles. The zero-order valence-corrected chi connectivity index (χ0v) is 10.4. The summed E-state index contributed by atoms with van der Waals surface area (Å²) in [7, 11) is 0. The lowest BCUT2D eigenvalue weighted by Gasteiger charge is -2.13. The van der Waals surface area contributed by atoms with Gasteiger partial charge in [-0.15, -0.1) is 0 Å². The van der Waals surface area contributed by atoms with Gasteiger partial charge in [0.15, 0.2) is 0 Å². The standard InChI is InChI=1S/C14H17FN2O/c1-10(11-2-4-12(15)5-3-11)8-14(18)17-7-6-13(16)9-17/h2-5,8,13H,6-7,9,16H2,1H3/b10-8+/t13-/m0/s1. The monoisotopic (exact) mass is 248 g/mol. The lowest BCUT2D eigenvalue weighted by Crippen LogP contribution is -2.30. The van der Waals surface area contributed by atoms with Crippen LogP contribution in [0.15, 0.2) is 30.3 Å². The Bertz CT molecular complexity index is 467. The van der Waals surface area contributed by atoms with Crippen LogP contribution in [0.3, 0.4) is 0 Å². The Morgan fingerprint density at radius 3 is 2.67 bits per heavy atom. The fraction of sp³-hybridized carbons (Fsp3) is 0.357. The Morgan fingerprint density at radius 2 is 2.11 bits per heavy atom. The highest BCUT2D eigenvalue weighted by atomic mass is 19.1. The average Bonchev–Trinajstić information content (AvgIpc) is 2.76. The maximum Gasteiger partial charge on any atom is 0.246 e. The van der Waals surface area contributed by atoms with Crippen molar-refractivity contribution >= 4 is 11.5 Å². The predicted octanol–water partition coefficient (Wildman–Crippen LogP) is 1.79. The minimum Gasteiger partial charge on any atom is -0.338 e. The number of rotatable bonds is 2. The minimum atomic E-state index is -0.275. The Balaban J connectivity index is 2.08. The van der Waals surface area contributed by atoms with Crippen LogP contribution in [0.4, 0.5) is 4.39 Å². The molecule has 1 fully saturated rings. The van der Waals surface area contributed by atoms with Crippen molar-refractivity contribution in [3.8, 4) is 0 Å². The van der Waals surface area contributed by atoms with Crippen molar-refractivity contribution in [2.45, 2.75) is 19.4 Å². The van der Waals surface area contributed by atoms with E-state index in [0.29, 0.717) is 13.1 Å². The molecule has 0 saturated carbocycles. The van der Waals surface area contributed by atoms with E-state index < -0.39 is 0 Å². The molecule has 1 aromatic carbocycles. The van der Waals surface area contributed by atoms with Crippen molar-refractivity contribution in [3.05, 3.63) is 41.7 Å². The Labute approximate surface area is 106 Å². The number of likely N-dealkylation sites (tertiary alicyclic amines) is 1. The smallest absolute Gasteiger partial charge is 0.246 e. The van der Waals surface area contributed by atoms with Crippen LogP contribution in [-0.4, -0.2) is 29.9 Å². The second-order valence-corrected chi connectivity index (χ2v) is 4.67. The molecule has 4 heteroatoms. The fourth-order valence-corrected chi connectivity index (χ4v) is 2.06. The Kier molecular flexibility index (Phi) is 3.77. The molecule has 2 N–H and O–H groups in total. The number of halogens is 1. The number of nitrogens with zero attached hydrogens (tertiary/aromatic N) is 1. The van der Waals surface area contributed by atoms with Crippen molar-refractivity contribution in [2.24, 2.45) is 5.73 Å². The molecule has 0 spiro atoms. The molecule has 0 bridgehead atoms. The molecule has 1 saturated heterocycles. The third-order valence-corrected chi connectivity index (χ3v) is 3.18. The van der Waals surface area contributed by atoms with Gasteiger partial charge in [0.1, 0.15) is 5.82 Å². The summed E-state index contributed by atoms with van der Waals surface area (Å²) >= 11 is 0. The maximum absolute atomic E-state index is 12.8. The summed E-state index contributed by atoms with van der Waals surface area (Å²) in [5.74, 6) is -0.298. The normalized spacial score (nSPS) is 20.3. The van der Waals surface area contributed by atoms with Gasteiger partial charge in [-0.05, 0) is 36.6 Å². The highest BCUT2D eigenvalue weighted by molar-refractivity contribution is 5.95. The number of nitrogens with two attached hydrogens (primary N) is 1. The predicted molar refractivity (Wildman–Crippen MR) is 69.2 cm³/mol. The Morgan fingerprint density at radius 1 is 1.44 bits per heavy atom. The van der Waals surface area contributed by atoms with Crippen molar-refractivity contribution in [2.75, 3.05) is 13.1 Å². The highest BCUT2D eigenvalue weighted by Gasteiger charge is 2.22. The molecule has 1 heterocycles. The van der Waals surface area contributed by atoms with Gasteiger partial charge >= 0.3 is 0 Å². The van der Waals surface area contributed by atoms with Gasteiger partial charge in [0.25, 0.3) is 0 Å². The van der Waals surface area contributed by atoms with Crippen LogP contribution in [0.25, 0.3) is 5.57 Å². The quantitative estimate of drug-likeness (QED) is 0.811. The summed E-state index contributed by atoms with van der Waals surface area (Å²) in [4.78, 5) is 13.7. The van der Waals surface area contributed by atoms with E-state index in [1.54, 1.807) is 23.1 Å². The summed E-state index contributed by atoms with van der Waals surface area (Å²) in [6, 6.07) is 6.22. The largest absolute Gasteiger partial charge is 0.338 e. The van der Waals surface area contributed by atoms with E-state index in [9.17, 15) is 9.18 Å². The topological polar surface area (TPSA) is 46.3 Å². The molecule has 2 rings (SSSR count). The van der Waals surface area contributed by atoms with Gasteiger partial charge in [-0.2, -0.15) is 0 Å². The van der Waals surface area contributed by atoms with E-state index >= 15 is 0 Å². The van der Waals surface area contributed by atoms with Crippen LogP contribution in [0.2, 0.25) is 0 Å². The van der Waals surface area contributed by atoms with Crippen LogP contribution in [0, 0.1) is 5.82 Å². The summed E-state index contributed by atoms with van der Waals surface area (Å²) in [6.45, 7) is 3.18. The van der Waals surface area contributed by atoms with E-state index in [1.807, 2.05) is 6.92 Å². The van der Waals surface area contributed by atoms with Gasteiger partial charge in [0, 0.05) is 25.2 Å². The van der Waals surface area contributed by atoms with Gasteiger partial charge in [-0.1, -0.05) is 12.1 Å². The van der Waals surface area contributed by atoms with Crippen LogP contribution < -0.4 is 5.73 Å². The van der Waals surface area contributed by atoms with E-state index in [-0.39, 0.29) is 17.8 Å². The first-order chi connectivity index (χ1) is 8.56. The summed E-state index contributed by atoms with van der Waals surface area (Å²) in [5.41, 5.74) is 7.45. The number of allylic oxidation sites excluding steroid dienone is 1.